The van der Waals surface area contributed by atoms with Crippen LogP contribution in [0, 0.1) is 5.82 Å². The summed E-state index contributed by atoms with van der Waals surface area (Å²) in [6.45, 7) is 1.79. The predicted octanol–water partition coefficient (Wildman–Crippen LogP) is 3.00. The highest BCUT2D eigenvalue weighted by Gasteiger charge is 2.18. The molecule has 0 radical (unpaired) electrons. The number of ketones is 1. The third-order valence-electron chi connectivity index (χ3n) is 5.58. The SMILES string of the molecule is CNC(C)C(=O)Nc1cn(-c2ccccc2)n(Cc2cncc(C(=O)c3ccc(F)cc3)c2)c1=O. The summed E-state index contributed by atoms with van der Waals surface area (Å²) in [5, 5.41) is 5.52. The lowest BCUT2D eigenvalue weighted by atomic mass is 10.0. The van der Waals surface area contributed by atoms with E-state index in [0.717, 1.165) is 5.69 Å². The zero-order valence-electron chi connectivity index (χ0n) is 19.2. The first kappa shape index (κ1) is 23.8. The number of aromatic nitrogens is 3. The molecule has 1 amide bonds. The molecule has 2 aromatic heterocycles. The van der Waals surface area contributed by atoms with Gasteiger partial charge in [0.2, 0.25) is 5.91 Å². The van der Waals surface area contributed by atoms with E-state index in [1.54, 1.807) is 37.1 Å². The standard InChI is InChI=1S/C26H24FN5O3/c1-17(28-2)25(34)30-23-16-31(22-6-4-3-5-7-22)32(26(23)35)15-18-12-20(14-29-13-18)24(33)19-8-10-21(27)11-9-19/h3-14,16-17,28H,15H2,1-2H3,(H,30,34). The van der Waals surface area contributed by atoms with Gasteiger partial charge in [-0.15, -0.1) is 0 Å². The first-order valence-electron chi connectivity index (χ1n) is 11.0. The van der Waals surface area contributed by atoms with Gasteiger partial charge in [0.05, 0.1) is 24.5 Å². The first-order valence-corrected chi connectivity index (χ1v) is 11.0. The van der Waals surface area contributed by atoms with Crippen molar-refractivity contribution in [2.75, 3.05) is 12.4 Å². The molecule has 0 aliphatic carbocycles. The molecular formula is C26H24FN5O3. The number of carbonyl (C=O) groups is 2. The summed E-state index contributed by atoms with van der Waals surface area (Å²) >= 11 is 0. The minimum Gasteiger partial charge on any atom is -0.319 e. The van der Waals surface area contributed by atoms with Crippen molar-refractivity contribution < 1.29 is 14.0 Å². The summed E-state index contributed by atoms with van der Waals surface area (Å²) < 4.78 is 16.3. The molecule has 2 aromatic carbocycles. The molecule has 1 atom stereocenters. The maximum absolute atomic E-state index is 13.3. The van der Waals surface area contributed by atoms with Crippen LogP contribution in [0.3, 0.4) is 0 Å². The molecule has 8 nitrogen and oxygen atoms in total. The normalized spacial score (nSPS) is 11.7. The fourth-order valence-corrected chi connectivity index (χ4v) is 3.52. The van der Waals surface area contributed by atoms with Crippen molar-refractivity contribution in [3.8, 4) is 5.69 Å². The van der Waals surface area contributed by atoms with Gasteiger partial charge < -0.3 is 10.6 Å². The average molecular weight is 474 g/mol. The Morgan fingerprint density at radius 1 is 1.03 bits per heavy atom. The maximum atomic E-state index is 13.3. The second kappa shape index (κ2) is 10.3. The number of hydrogen-bond acceptors (Lipinski definition) is 5. The van der Waals surface area contributed by atoms with Crippen molar-refractivity contribution >= 4 is 17.4 Å². The van der Waals surface area contributed by atoms with Gasteiger partial charge in [0.15, 0.2) is 5.78 Å². The zero-order valence-corrected chi connectivity index (χ0v) is 19.2. The Labute approximate surface area is 201 Å². The maximum Gasteiger partial charge on any atom is 0.291 e. The number of hydrogen-bond donors (Lipinski definition) is 2. The number of pyridine rings is 1. The van der Waals surface area contributed by atoms with Gasteiger partial charge in [-0.2, -0.15) is 0 Å². The molecule has 2 heterocycles. The minimum absolute atomic E-state index is 0.0999. The summed E-state index contributed by atoms with van der Waals surface area (Å²) in [6, 6.07) is 15.7. The van der Waals surface area contributed by atoms with Gasteiger partial charge in [-0.3, -0.25) is 24.0 Å². The Morgan fingerprint density at radius 2 is 1.74 bits per heavy atom. The van der Waals surface area contributed by atoms with Crippen LogP contribution in [0.15, 0.2) is 84.0 Å². The van der Waals surface area contributed by atoms with E-state index in [-0.39, 0.29) is 23.9 Å². The lowest BCUT2D eigenvalue weighted by molar-refractivity contribution is -0.117. The molecule has 35 heavy (non-hydrogen) atoms. The number of halogens is 1. The molecule has 0 aliphatic heterocycles. The Balaban J connectivity index is 1.70. The number of benzene rings is 2. The van der Waals surface area contributed by atoms with Crippen LogP contribution < -0.4 is 16.2 Å². The highest BCUT2D eigenvalue weighted by molar-refractivity contribution is 6.08. The van der Waals surface area contributed by atoms with E-state index in [2.05, 4.69) is 15.6 Å². The van der Waals surface area contributed by atoms with Crippen molar-refractivity contribution in [2.45, 2.75) is 19.5 Å². The summed E-state index contributed by atoms with van der Waals surface area (Å²) in [5.41, 5.74) is 1.71. The van der Waals surface area contributed by atoms with E-state index in [9.17, 15) is 18.8 Å². The molecule has 4 aromatic rings. The Kier molecular flexibility index (Phi) is 6.98. The minimum atomic E-state index is -0.485. The summed E-state index contributed by atoms with van der Waals surface area (Å²) in [5.74, 6) is -1.07. The summed E-state index contributed by atoms with van der Waals surface area (Å²) in [4.78, 5) is 42.7. The van der Waals surface area contributed by atoms with Gasteiger partial charge in [-0.1, -0.05) is 18.2 Å². The van der Waals surface area contributed by atoms with Crippen LogP contribution in [0.1, 0.15) is 28.4 Å². The molecule has 0 saturated heterocycles. The van der Waals surface area contributed by atoms with Crippen LogP contribution in [0.4, 0.5) is 10.1 Å². The van der Waals surface area contributed by atoms with Crippen molar-refractivity contribution in [1.29, 1.82) is 0 Å². The molecule has 178 valence electrons. The smallest absolute Gasteiger partial charge is 0.291 e. The molecule has 0 fully saturated rings. The lowest BCUT2D eigenvalue weighted by Gasteiger charge is -2.12. The van der Waals surface area contributed by atoms with E-state index in [1.165, 1.54) is 35.1 Å². The zero-order chi connectivity index (χ0) is 24.9. The van der Waals surface area contributed by atoms with E-state index in [1.807, 2.05) is 30.3 Å². The number of amides is 1. The van der Waals surface area contributed by atoms with Crippen LogP contribution in [0.5, 0.6) is 0 Å². The Hall–Kier alpha value is -4.37. The summed E-state index contributed by atoms with van der Waals surface area (Å²) in [7, 11) is 1.66. The molecule has 9 heteroatoms. The van der Waals surface area contributed by atoms with Crippen molar-refractivity contribution in [2.24, 2.45) is 0 Å². The highest BCUT2D eigenvalue weighted by Crippen LogP contribution is 2.15. The van der Waals surface area contributed by atoms with E-state index in [0.29, 0.717) is 16.7 Å². The fraction of sp³-hybridized carbons (Fsp3) is 0.154. The van der Waals surface area contributed by atoms with Crippen molar-refractivity contribution in [3.63, 3.8) is 0 Å². The van der Waals surface area contributed by atoms with Gasteiger partial charge in [-0.05, 0) is 62.0 Å². The van der Waals surface area contributed by atoms with E-state index in [4.69, 9.17) is 0 Å². The monoisotopic (exact) mass is 473 g/mol. The highest BCUT2D eigenvalue weighted by atomic mass is 19.1. The number of carbonyl (C=O) groups excluding carboxylic acids is 2. The molecule has 0 saturated carbocycles. The lowest BCUT2D eigenvalue weighted by Crippen LogP contribution is -2.36. The predicted molar refractivity (Wildman–Crippen MR) is 130 cm³/mol. The molecule has 0 spiro atoms. The van der Waals surface area contributed by atoms with Gasteiger partial charge in [0, 0.05) is 23.5 Å². The first-order chi connectivity index (χ1) is 16.9. The quantitative estimate of drug-likeness (QED) is 0.384. The number of nitrogens with zero attached hydrogens (tertiary/aromatic N) is 3. The number of nitrogens with one attached hydrogen (secondary N) is 2. The molecule has 4 rings (SSSR count). The third kappa shape index (κ3) is 5.25. The molecule has 1 unspecified atom stereocenters. The average Bonchev–Trinajstić information content (AvgIpc) is 3.18. The Morgan fingerprint density at radius 3 is 2.43 bits per heavy atom. The van der Waals surface area contributed by atoms with Crippen LogP contribution in [-0.2, 0) is 11.3 Å². The van der Waals surface area contributed by atoms with Gasteiger partial charge in [0.1, 0.15) is 11.5 Å². The second-order valence-electron chi connectivity index (χ2n) is 8.00. The topological polar surface area (TPSA) is 98.0 Å². The Bertz CT molecular complexity index is 1410. The number of para-hydroxylation sites is 1. The van der Waals surface area contributed by atoms with Crippen LogP contribution in [0.25, 0.3) is 5.69 Å². The second-order valence-corrected chi connectivity index (χ2v) is 8.00. The number of rotatable bonds is 8. The molecule has 0 bridgehead atoms. The molecule has 2 N–H and O–H groups in total. The van der Waals surface area contributed by atoms with Crippen molar-refractivity contribution in [3.05, 3.63) is 112 Å². The van der Waals surface area contributed by atoms with Gasteiger partial charge >= 0.3 is 0 Å². The van der Waals surface area contributed by atoms with E-state index >= 15 is 0 Å². The van der Waals surface area contributed by atoms with Crippen LogP contribution in [0.2, 0.25) is 0 Å². The van der Waals surface area contributed by atoms with Crippen LogP contribution in [-0.4, -0.2) is 39.1 Å². The molecular weight excluding hydrogens is 449 g/mol. The van der Waals surface area contributed by atoms with Crippen molar-refractivity contribution in [1.82, 2.24) is 19.7 Å². The van der Waals surface area contributed by atoms with Gasteiger partial charge in [0.25, 0.3) is 5.56 Å². The molecule has 0 aliphatic rings. The summed E-state index contributed by atoms with van der Waals surface area (Å²) in [6.07, 6.45) is 4.56. The number of anilines is 1. The van der Waals surface area contributed by atoms with Crippen LogP contribution >= 0.6 is 0 Å². The third-order valence-corrected chi connectivity index (χ3v) is 5.58. The fourth-order valence-electron chi connectivity index (χ4n) is 3.52. The largest absolute Gasteiger partial charge is 0.319 e. The number of likely N-dealkylation sites (N-methyl/N-ethyl adjacent to an activating group) is 1. The van der Waals surface area contributed by atoms with Gasteiger partial charge in [-0.25, -0.2) is 9.07 Å². The van der Waals surface area contributed by atoms with E-state index < -0.39 is 17.4 Å².